The first-order chi connectivity index (χ1) is 38.0. The number of carbonyl (C=O) groups is 9. The van der Waals surface area contributed by atoms with Crippen LogP contribution in [0.15, 0.2) is 102 Å². The van der Waals surface area contributed by atoms with Crippen LogP contribution in [0.5, 0.6) is 0 Å². The number of rotatable bonds is 15. The van der Waals surface area contributed by atoms with Crippen molar-refractivity contribution in [2.24, 2.45) is 22.2 Å². The number of hydrogen-bond acceptors (Lipinski definition) is 10. The molecule has 0 unspecified atom stereocenters. The number of para-hydroxylation sites is 2. The molecule has 4 aromatic carbocycles. The minimum atomic E-state index is -1.56. The fraction of sp³-hybridized carbons (Fsp3) is 0.404. The summed E-state index contributed by atoms with van der Waals surface area (Å²) in [5, 5.41) is 22.0. The lowest BCUT2D eigenvalue weighted by Crippen LogP contribution is -2.61. The van der Waals surface area contributed by atoms with Crippen LogP contribution in [0.3, 0.4) is 0 Å². The van der Waals surface area contributed by atoms with E-state index in [0.717, 1.165) is 21.7 Å². The summed E-state index contributed by atoms with van der Waals surface area (Å²) in [4.78, 5) is 136. The highest BCUT2D eigenvalue weighted by molar-refractivity contribution is 6.09. The summed E-state index contributed by atoms with van der Waals surface area (Å²) < 4.78 is 0. The summed E-state index contributed by atoms with van der Waals surface area (Å²) in [6.07, 6.45) is 3.21. The molecule has 7 atom stereocenters. The van der Waals surface area contributed by atoms with Gasteiger partial charge in [0.05, 0.1) is 6.42 Å². The number of aromatic nitrogens is 1. The Morgan fingerprint density at radius 2 is 1.43 bits per heavy atom. The van der Waals surface area contributed by atoms with Crippen LogP contribution in [0.1, 0.15) is 88.3 Å². The van der Waals surface area contributed by atoms with Crippen LogP contribution in [-0.4, -0.2) is 119 Å². The number of nitrogens with two attached hydrogens (primary N) is 3. The fourth-order valence-electron chi connectivity index (χ4n) is 10.1. The number of hydrogen-bond donors (Lipinski definition) is 11. The number of carbonyl (C=O) groups excluding carboxylic acids is 9. The van der Waals surface area contributed by atoms with Crippen LogP contribution in [0, 0.1) is 0 Å². The number of nitrogens with zero attached hydrogens (tertiary/aromatic N) is 2. The first-order valence-electron chi connectivity index (χ1n) is 26.8. The van der Waals surface area contributed by atoms with Crippen molar-refractivity contribution in [1.82, 2.24) is 42.2 Å². The smallest absolute Gasteiger partial charge is 0.250 e. The molecule has 0 spiro atoms. The number of benzene rings is 4. The van der Waals surface area contributed by atoms with Crippen LogP contribution >= 0.6 is 0 Å². The minimum absolute atomic E-state index is 0.0159. The standard InChI is InChI=1S/C57H71N13O9/c1-3-4-18-42(64-33(2)71)51(74)69-46-31-49(72)61-25-12-11-20-41(50(58)73)65-54(77)45(29-38-32-63-40-19-9-8-17-39(38)40)67-52(75)43(21-13-26-62-57(59)60)66-53(76)44(28-34-23-24-35-14-5-6-15-36(35)27-34)68-55(78)48-30-37-16-7-10-22-47(37)70(48)56(46)79/h5-10,14-17,19,22-24,27,32,41-46,48,63H,3-4,11-13,18,20-21,25-26,28-31H2,1-2H3,(H2,58,73)(H,61,72)(H,64,71)(H,65,77)(H,66,76)(H,67,75)(H,68,78)(H,69,74)(H4,59,60,62)/t41-,42-,43-,44+,45-,46-,48-/m0/s1. The van der Waals surface area contributed by atoms with Gasteiger partial charge in [-0.3, -0.25) is 53.0 Å². The monoisotopic (exact) mass is 1080 g/mol. The molecule has 0 aliphatic carbocycles. The molecule has 1 saturated heterocycles. The van der Waals surface area contributed by atoms with Gasteiger partial charge in [-0.15, -0.1) is 0 Å². The van der Waals surface area contributed by atoms with Gasteiger partial charge < -0.3 is 59.4 Å². The van der Waals surface area contributed by atoms with Gasteiger partial charge in [0.2, 0.25) is 47.3 Å². The number of amides is 9. The van der Waals surface area contributed by atoms with E-state index in [2.05, 4.69) is 47.2 Å². The average molecular weight is 1080 g/mol. The summed E-state index contributed by atoms with van der Waals surface area (Å²) >= 11 is 0. The molecular weight excluding hydrogens is 1010 g/mol. The number of nitrogens with one attached hydrogen (secondary N) is 8. The normalized spacial score (nSPS) is 21.3. The number of primary amides is 1. The summed E-state index contributed by atoms with van der Waals surface area (Å²) in [6, 6.07) is 18.1. The number of H-pyrrole nitrogens is 1. The van der Waals surface area contributed by atoms with E-state index in [1.165, 1.54) is 11.8 Å². The zero-order valence-corrected chi connectivity index (χ0v) is 44.5. The van der Waals surface area contributed by atoms with Gasteiger partial charge >= 0.3 is 0 Å². The highest BCUT2D eigenvalue weighted by atomic mass is 16.2. The van der Waals surface area contributed by atoms with Crippen molar-refractivity contribution in [3.05, 3.63) is 114 Å². The third-order valence-electron chi connectivity index (χ3n) is 14.2. The molecule has 22 heteroatoms. The minimum Gasteiger partial charge on any atom is -0.370 e. The van der Waals surface area contributed by atoms with Crippen molar-refractivity contribution in [1.29, 1.82) is 0 Å². The van der Waals surface area contributed by atoms with Crippen LogP contribution in [-0.2, 0) is 62.4 Å². The van der Waals surface area contributed by atoms with E-state index in [4.69, 9.17) is 17.2 Å². The third-order valence-corrected chi connectivity index (χ3v) is 14.2. The van der Waals surface area contributed by atoms with E-state index in [1.807, 2.05) is 73.7 Å². The molecule has 7 rings (SSSR count). The maximum absolute atomic E-state index is 15.2. The summed E-state index contributed by atoms with van der Waals surface area (Å²) in [5.41, 5.74) is 20.1. The molecule has 418 valence electrons. The zero-order valence-electron chi connectivity index (χ0n) is 44.5. The molecule has 14 N–H and O–H groups in total. The lowest BCUT2D eigenvalue weighted by Gasteiger charge is -2.31. The van der Waals surface area contributed by atoms with E-state index in [9.17, 15) is 28.8 Å². The molecular formula is C57H71N13O9. The highest BCUT2D eigenvalue weighted by Crippen LogP contribution is 2.33. The maximum atomic E-state index is 15.2. The maximum Gasteiger partial charge on any atom is 0.250 e. The fourth-order valence-corrected chi connectivity index (χ4v) is 10.1. The molecule has 2 aliphatic rings. The van der Waals surface area contributed by atoms with Gasteiger partial charge in [-0.25, -0.2) is 0 Å². The van der Waals surface area contributed by atoms with Gasteiger partial charge in [0, 0.05) is 62.1 Å². The lowest BCUT2D eigenvalue weighted by molar-refractivity contribution is -0.135. The topological polar surface area (TPSA) is 347 Å². The molecule has 3 heterocycles. The van der Waals surface area contributed by atoms with Gasteiger partial charge in [-0.05, 0) is 78.1 Å². The largest absolute Gasteiger partial charge is 0.370 e. The lowest BCUT2D eigenvalue weighted by atomic mass is 9.99. The van der Waals surface area contributed by atoms with Crippen LogP contribution in [0.2, 0.25) is 0 Å². The molecule has 79 heavy (non-hydrogen) atoms. The Balaban J connectivity index is 1.29. The third kappa shape index (κ3) is 15.7. The van der Waals surface area contributed by atoms with E-state index in [0.29, 0.717) is 35.2 Å². The molecule has 0 saturated carbocycles. The van der Waals surface area contributed by atoms with Crippen molar-refractivity contribution < 1.29 is 43.2 Å². The molecule has 5 aromatic rings. The Bertz CT molecular complexity index is 3080. The second kappa shape index (κ2) is 27.5. The van der Waals surface area contributed by atoms with Crippen LogP contribution < -0.4 is 59.3 Å². The van der Waals surface area contributed by atoms with E-state index >= 15 is 14.4 Å². The SMILES string of the molecule is CCCC[C@H](NC(C)=O)C(=O)N[C@H]1CC(=O)NCCCC[C@@H](C(N)=O)NC(=O)[C@H](Cc2c[nH]c3ccccc23)NC(=O)[C@H](CCCN=C(N)N)NC(=O)[C@@H](Cc2ccc3ccccc3c2)NC(=O)[C@@H]2Cc3ccccc3N2C1=O. The first kappa shape index (κ1) is 57.9. The summed E-state index contributed by atoms with van der Waals surface area (Å²) in [6.45, 7) is 3.31. The second-order valence-corrected chi connectivity index (χ2v) is 20.1. The number of anilines is 1. The molecule has 2 aliphatic heterocycles. The van der Waals surface area contributed by atoms with Gasteiger partial charge in [-0.1, -0.05) is 98.6 Å². The van der Waals surface area contributed by atoms with Crippen molar-refractivity contribution in [2.45, 2.75) is 133 Å². The van der Waals surface area contributed by atoms with Crippen molar-refractivity contribution in [2.75, 3.05) is 18.0 Å². The van der Waals surface area contributed by atoms with Gasteiger partial charge in [0.15, 0.2) is 5.96 Å². The van der Waals surface area contributed by atoms with Crippen molar-refractivity contribution in [3.8, 4) is 0 Å². The molecule has 9 amide bonds. The van der Waals surface area contributed by atoms with Gasteiger partial charge in [-0.2, -0.15) is 0 Å². The Kier molecular flexibility index (Phi) is 20.1. The number of guanidine groups is 1. The quantitative estimate of drug-likeness (QED) is 0.0405. The predicted molar refractivity (Wildman–Crippen MR) is 298 cm³/mol. The Morgan fingerprint density at radius 1 is 0.747 bits per heavy atom. The van der Waals surface area contributed by atoms with Gasteiger partial charge in [0.1, 0.15) is 42.3 Å². The van der Waals surface area contributed by atoms with E-state index < -0.39 is 102 Å². The number of aromatic amines is 1. The molecule has 1 fully saturated rings. The predicted octanol–water partition coefficient (Wildman–Crippen LogP) is 1.41. The van der Waals surface area contributed by atoms with Crippen molar-refractivity contribution >= 4 is 86.5 Å². The van der Waals surface area contributed by atoms with E-state index in [-0.39, 0.29) is 76.8 Å². The Labute approximate surface area is 457 Å². The van der Waals surface area contributed by atoms with Crippen LogP contribution in [0.25, 0.3) is 21.7 Å². The Morgan fingerprint density at radius 3 is 2.19 bits per heavy atom. The highest BCUT2D eigenvalue weighted by Gasteiger charge is 2.43. The average Bonchev–Trinajstić information content (AvgIpc) is 4.22. The Hall–Kier alpha value is -8.82. The van der Waals surface area contributed by atoms with Crippen molar-refractivity contribution in [3.63, 3.8) is 0 Å². The summed E-state index contributed by atoms with van der Waals surface area (Å²) in [7, 11) is 0. The first-order valence-corrected chi connectivity index (χ1v) is 26.8. The summed E-state index contributed by atoms with van der Waals surface area (Å²) in [5.74, 6) is -6.74. The van der Waals surface area contributed by atoms with E-state index in [1.54, 1.807) is 30.5 Å². The second-order valence-electron chi connectivity index (χ2n) is 20.1. The molecule has 0 bridgehead atoms. The molecule has 0 radical (unpaired) electrons. The zero-order chi connectivity index (χ0) is 56.6. The van der Waals surface area contributed by atoms with Crippen LogP contribution in [0.4, 0.5) is 5.69 Å². The van der Waals surface area contributed by atoms with Gasteiger partial charge in [0.25, 0.3) is 5.91 Å². The molecule has 22 nitrogen and oxygen atoms in total. The number of fused-ring (bicyclic) bond motifs is 5. The number of aliphatic imine (C=N–C) groups is 1. The molecule has 1 aromatic heterocycles. The number of unbranched alkanes of at least 4 members (excludes halogenated alkanes) is 1.